The van der Waals surface area contributed by atoms with E-state index >= 15 is 0 Å². The Kier molecular flexibility index (Phi) is 6.34. The second-order valence-electron chi connectivity index (χ2n) is 6.30. The van der Waals surface area contributed by atoms with Gasteiger partial charge in [0.2, 0.25) is 0 Å². The van der Waals surface area contributed by atoms with Crippen LogP contribution >= 0.6 is 11.5 Å². The van der Waals surface area contributed by atoms with E-state index in [0.29, 0.717) is 23.4 Å². The molecule has 1 heterocycles. The zero-order chi connectivity index (χ0) is 19.2. The minimum absolute atomic E-state index is 0.0770. The van der Waals surface area contributed by atoms with Crippen LogP contribution in [-0.2, 0) is 6.54 Å². The van der Waals surface area contributed by atoms with Crippen LogP contribution in [-0.4, -0.2) is 16.4 Å². The molecule has 3 aromatic rings. The van der Waals surface area contributed by atoms with Gasteiger partial charge in [0, 0.05) is 18.7 Å². The van der Waals surface area contributed by atoms with Crippen LogP contribution in [0, 0.1) is 11.6 Å². The molecule has 0 aliphatic carbocycles. The number of amides is 1. The number of aryl methyl sites for hydroxylation is 1. The molecule has 0 fully saturated rings. The van der Waals surface area contributed by atoms with E-state index in [0.717, 1.165) is 49.3 Å². The lowest BCUT2D eigenvalue weighted by Gasteiger charge is -2.05. The van der Waals surface area contributed by atoms with Crippen molar-refractivity contribution in [3.63, 3.8) is 0 Å². The van der Waals surface area contributed by atoms with Crippen molar-refractivity contribution in [1.82, 2.24) is 9.27 Å². The van der Waals surface area contributed by atoms with Crippen molar-refractivity contribution >= 4 is 27.5 Å². The van der Waals surface area contributed by atoms with Crippen LogP contribution in [0.2, 0.25) is 0 Å². The summed E-state index contributed by atoms with van der Waals surface area (Å²) in [6.45, 7) is 1.13. The topological polar surface area (TPSA) is 51.1 Å². The van der Waals surface area contributed by atoms with Gasteiger partial charge in [-0.3, -0.25) is 13.5 Å². The summed E-state index contributed by atoms with van der Waals surface area (Å²) in [4.78, 5) is 24.1. The first-order valence-corrected chi connectivity index (χ1v) is 9.66. The maximum absolute atomic E-state index is 13.3. The zero-order valence-electron chi connectivity index (χ0n) is 14.7. The van der Waals surface area contributed by atoms with E-state index in [1.54, 1.807) is 16.1 Å². The zero-order valence-corrected chi connectivity index (χ0v) is 15.5. The van der Waals surface area contributed by atoms with E-state index in [1.807, 2.05) is 18.2 Å². The van der Waals surface area contributed by atoms with Gasteiger partial charge in [0.15, 0.2) is 11.6 Å². The van der Waals surface area contributed by atoms with E-state index in [9.17, 15) is 18.4 Å². The molecule has 1 N–H and O–H groups in total. The lowest BCUT2D eigenvalue weighted by Crippen LogP contribution is -2.24. The van der Waals surface area contributed by atoms with Crippen molar-refractivity contribution in [1.29, 1.82) is 0 Å². The minimum atomic E-state index is -0.998. The van der Waals surface area contributed by atoms with Crippen molar-refractivity contribution in [3.05, 3.63) is 70.0 Å². The third-order valence-electron chi connectivity index (χ3n) is 4.30. The Labute approximate surface area is 159 Å². The fourth-order valence-electron chi connectivity index (χ4n) is 2.84. The number of benzene rings is 2. The highest BCUT2D eigenvalue weighted by atomic mass is 32.1. The highest BCUT2D eigenvalue weighted by molar-refractivity contribution is 7.13. The number of hydrogen-bond acceptors (Lipinski definition) is 3. The van der Waals surface area contributed by atoms with Gasteiger partial charge in [-0.05, 0) is 37.1 Å². The minimum Gasteiger partial charge on any atom is -0.352 e. The number of nitrogens with zero attached hydrogens (tertiary/aromatic N) is 1. The molecule has 0 unspecified atom stereocenters. The highest BCUT2D eigenvalue weighted by Gasteiger charge is 2.12. The van der Waals surface area contributed by atoms with E-state index in [-0.39, 0.29) is 16.9 Å². The molecule has 0 bridgehead atoms. The van der Waals surface area contributed by atoms with Gasteiger partial charge in [-0.25, -0.2) is 8.78 Å². The van der Waals surface area contributed by atoms with Crippen LogP contribution in [0.15, 0.2) is 47.3 Å². The predicted molar refractivity (Wildman–Crippen MR) is 103 cm³/mol. The van der Waals surface area contributed by atoms with Crippen LogP contribution in [0.4, 0.5) is 8.78 Å². The van der Waals surface area contributed by atoms with Crippen molar-refractivity contribution in [3.8, 4) is 0 Å². The maximum Gasteiger partial charge on any atom is 0.268 e. The summed E-state index contributed by atoms with van der Waals surface area (Å²) in [6.07, 6.45) is 3.49. The standard InChI is InChI=1S/C20H20F2N2O2S/c21-16-12-15-18(13-17(16)22)27-24(20(15)26)11-7-2-1-6-10-23-19(25)14-8-4-3-5-9-14/h3-5,8-9,12-13H,1-2,6-7,10-11H2,(H,23,25). The van der Waals surface area contributed by atoms with Gasteiger partial charge in [0.05, 0.1) is 10.1 Å². The molecule has 1 aromatic heterocycles. The molecule has 0 radical (unpaired) electrons. The molecule has 0 aliphatic rings. The van der Waals surface area contributed by atoms with E-state index in [1.165, 1.54) is 0 Å². The van der Waals surface area contributed by atoms with Crippen LogP contribution < -0.4 is 10.9 Å². The summed E-state index contributed by atoms with van der Waals surface area (Å²) >= 11 is 1.16. The number of carbonyl (C=O) groups is 1. The summed E-state index contributed by atoms with van der Waals surface area (Å²) in [6, 6.07) is 11.1. The Morgan fingerprint density at radius 2 is 1.70 bits per heavy atom. The first-order valence-electron chi connectivity index (χ1n) is 8.88. The van der Waals surface area contributed by atoms with Gasteiger partial charge in [0.1, 0.15) is 0 Å². The number of carbonyl (C=O) groups excluding carboxylic acids is 1. The first kappa shape index (κ1) is 19.2. The second-order valence-corrected chi connectivity index (χ2v) is 7.36. The maximum atomic E-state index is 13.3. The molecule has 0 saturated heterocycles. The second kappa shape index (κ2) is 8.90. The van der Waals surface area contributed by atoms with Crippen molar-refractivity contribution in [2.75, 3.05) is 6.54 Å². The quantitative estimate of drug-likeness (QED) is 0.582. The molecule has 4 nitrogen and oxygen atoms in total. The molecule has 27 heavy (non-hydrogen) atoms. The van der Waals surface area contributed by atoms with Gasteiger partial charge in [-0.15, -0.1) is 0 Å². The van der Waals surface area contributed by atoms with Crippen LogP contribution in [0.3, 0.4) is 0 Å². The number of aromatic nitrogens is 1. The number of nitrogens with one attached hydrogen (secondary N) is 1. The molecule has 0 saturated carbocycles. The van der Waals surface area contributed by atoms with Gasteiger partial charge >= 0.3 is 0 Å². The SMILES string of the molecule is O=C(NCCCCCCn1sc2cc(F)c(F)cc2c1=O)c1ccccc1. The molecule has 2 aromatic carbocycles. The third kappa shape index (κ3) is 4.80. The van der Waals surface area contributed by atoms with E-state index in [2.05, 4.69) is 5.32 Å². The van der Waals surface area contributed by atoms with E-state index < -0.39 is 11.6 Å². The highest BCUT2D eigenvalue weighted by Crippen LogP contribution is 2.20. The number of fused-ring (bicyclic) bond motifs is 1. The number of hydrogen-bond donors (Lipinski definition) is 1. The molecule has 0 atom stereocenters. The smallest absolute Gasteiger partial charge is 0.268 e. The molecule has 7 heteroatoms. The molecule has 1 amide bonds. The molecular formula is C20H20F2N2O2S. The van der Waals surface area contributed by atoms with Gasteiger partial charge in [-0.1, -0.05) is 42.6 Å². The Balaban J connectivity index is 1.39. The molecule has 0 spiro atoms. The summed E-state index contributed by atoms with van der Waals surface area (Å²) in [5.74, 6) is -2.01. The molecule has 142 valence electrons. The average Bonchev–Trinajstić information content (AvgIpc) is 2.97. The molecule has 0 aliphatic heterocycles. The summed E-state index contributed by atoms with van der Waals surface area (Å²) in [7, 11) is 0. The lowest BCUT2D eigenvalue weighted by molar-refractivity contribution is 0.0953. The number of rotatable bonds is 8. The van der Waals surface area contributed by atoms with Crippen LogP contribution in [0.5, 0.6) is 0 Å². The normalized spacial score (nSPS) is 11.0. The third-order valence-corrected chi connectivity index (χ3v) is 5.40. The Bertz CT molecular complexity index is 983. The fraction of sp³-hybridized carbons (Fsp3) is 0.300. The first-order chi connectivity index (χ1) is 13.1. The Morgan fingerprint density at radius 3 is 2.48 bits per heavy atom. The van der Waals surface area contributed by atoms with E-state index in [4.69, 9.17) is 0 Å². The average molecular weight is 390 g/mol. The van der Waals surface area contributed by atoms with Crippen molar-refractivity contribution < 1.29 is 13.6 Å². The summed E-state index contributed by atoms with van der Waals surface area (Å²) < 4.78 is 28.6. The van der Waals surface area contributed by atoms with Gasteiger partial charge < -0.3 is 5.32 Å². The fourth-order valence-corrected chi connectivity index (χ4v) is 3.88. The number of halogens is 2. The summed E-state index contributed by atoms with van der Waals surface area (Å²) in [5, 5.41) is 3.11. The lowest BCUT2D eigenvalue weighted by atomic mass is 10.2. The van der Waals surface area contributed by atoms with Crippen molar-refractivity contribution in [2.45, 2.75) is 32.2 Å². The van der Waals surface area contributed by atoms with Crippen LogP contribution in [0.1, 0.15) is 36.0 Å². The van der Waals surface area contributed by atoms with Crippen LogP contribution in [0.25, 0.3) is 10.1 Å². The largest absolute Gasteiger partial charge is 0.352 e. The van der Waals surface area contributed by atoms with Gasteiger partial charge in [-0.2, -0.15) is 0 Å². The Hall–Kier alpha value is -2.54. The predicted octanol–water partition coefficient (Wildman–Crippen LogP) is 4.33. The van der Waals surface area contributed by atoms with Crippen molar-refractivity contribution in [2.24, 2.45) is 0 Å². The Morgan fingerprint density at radius 1 is 1.00 bits per heavy atom. The molecule has 3 rings (SSSR count). The molecular weight excluding hydrogens is 370 g/mol. The van der Waals surface area contributed by atoms with Gasteiger partial charge in [0.25, 0.3) is 11.5 Å². The number of unbranched alkanes of at least 4 members (excludes halogenated alkanes) is 3. The monoisotopic (exact) mass is 390 g/mol. The summed E-state index contributed by atoms with van der Waals surface area (Å²) in [5.41, 5.74) is 0.374.